The molecular formula is C13H15N5O3. The van der Waals surface area contributed by atoms with Crippen LogP contribution in [0.25, 0.3) is 0 Å². The van der Waals surface area contributed by atoms with Crippen LogP contribution in [0.2, 0.25) is 0 Å². The summed E-state index contributed by atoms with van der Waals surface area (Å²) in [6, 6.07) is 8.10. The van der Waals surface area contributed by atoms with Crippen LogP contribution < -0.4 is 21.7 Å². The van der Waals surface area contributed by atoms with Crippen LogP contribution in [0.15, 0.2) is 30.3 Å². The molecule has 0 aliphatic carbocycles. The fraction of sp³-hybridized carbons (Fsp3) is 0.154. The first kappa shape index (κ1) is 14.7. The minimum absolute atomic E-state index is 0.198. The highest BCUT2D eigenvalue weighted by molar-refractivity contribution is 5.95. The molecule has 0 saturated carbocycles. The number of methoxy groups -OCH3 is 1. The highest BCUT2D eigenvalue weighted by atomic mass is 16.5. The minimum atomic E-state index is -0.589. The molecule has 8 nitrogen and oxygen atoms in total. The number of carbonyl (C=O) groups excluding carboxylic acids is 1. The van der Waals surface area contributed by atoms with Gasteiger partial charge in [-0.05, 0) is 12.1 Å². The molecule has 0 radical (unpaired) electrons. The number of aromatic nitrogens is 2. The second-order valence-corrected chi connectivity index (χ2v) is 4.05. The van der Waals surface area contributed by atoms with Crippen LogP contribution in [-0.4, -0.2) is 23.0 Å². The Kier molecular flexibility index (Phi) is 4.64. The number of para-hydroxylation sites is 1. The molecule has 0 saturated heterocycles. The highest BCUT2D eigenvalue weighted by Gasteiger charge is 2.11. The molecule has 0 spiro atoms. The number of nitrogens with one attached hydrogen (secondary N) is 1. The number of anilines is 1. The van der Waals surface area contributed by atoms with Crippen LogP contribution in [0.1, 0.15) is 16.2 Å². The number of rotatable bonds is 6. The van der Waals surface area contributed by atoms with E-state index in [9.17, 15) is 4.79 Å². The van der Waals surface area contributed by atoms with Crippen molar-refractivity contribution in [1.82, 2.24) is 9.97 Å². The second kappa shape index (κ2) is 6.64. The van der Waals surface area contributed by atoms with E-state index in [-0.39, 0.29) is 18.1 Å². The van der Waals surface area contributed by atoms with Gasteiger partial charge in [-0.1, -0.05) is 12.1 Å². The SMILES string of the molecule is COCc1nc(NN)cc(Oc2ccccc2C(N)=O)n1. The first-order chi connectivity index (χ1) is 10.1. The molecule has 1 heterocycles. The Morgan fingerprint density at radius 1 is 1.33 bits per heavy atom. The zero-order chi connectivity index (χ0) is 15.2. The van der Waals surface area contributed by atoms with Gasteiger partial charge in [-0.25, -0.2) is 10.8 Å². The van der Waals surface area contributed by atoms with Gasteiger partial charge in [0.15, 0.2) is 5.82 Å². The summed E-state index contributed by atoms with van der Waals surface area (Å²) >= 11 is 0. The van der Waals surface area contributed by atoms with Gasteiger partial charge >= 0.3 is 0 Å². The predicted molar refractivity (Wildman–Crippen MR) is 75.6 cm³/mol. The molecule has 110 valence electrons. The van der Waals surface area contributed by atoms with E-state index in [1.807, 2.05) is 0 Å². The van der Waals surface area contributed by atoms with Crippen molar-refractivity contribution in [2.24, 2.45) is 11.6 Å². The minimum Gasteiger partial charge on any atom is -0.438 e. The third-order valence-electron chi connectivity index (χ3n) is 2.54. The molecule has 0 atom stereocenters. The van der Waals surface area contributed by atoms with Crippen LogP contribution in [0.4, 0.5) is 5.82 Å². The summed E-state index contributed by atoms with van der Waals surface area (Å²) in [5.74, 6) is 6.03. The van der Waals surface area contributed by atoms with Gasteiger partial charge in [0, 0.05) is 13.2 Å². The lowest BCUT2D eigenvalue weighted by atomic mass is 10.2. The maximum absolute atomic E-state index is 11.4. The summed E-state index contributed by atoms with van der Waals surface area (Å²) < 4.78 is 10.6. The number of nitrogens with zero attached hydrogens (tertiary/aromatic N) is 2. The van der Waals surface area contributed by atoms with Crippen molar-refractivity contribution in [3.8, 4) is 11.6 Å². The van der Waals surface area contributed by atoms with Crippen molar-refractivity contribution >= 4 is 11.7 Å². The Morgan fingerprint density at radius 3 is 2.76 bits per heavy atom. The standard InChI is InChI=1S/C13H15N5O3/c1-20-7-11-16-10(18-15)6-12(17-11)21-9-5-3-2-4-8(9)13(14)19/h2-6H,7,15H2,1H3,(H2,14,19)(H,16,17,18). The van der Waals surface area contributed by atoms with E-state index in [1.165, 1.54) is 13.2 Å². The topological polar surface area (TPSA) is 125 Å². The van der Waals surface area contributed by atoms with Gasteiger partial charge in [0.05, 0.1) is 5.56 Å². The molecular weight excluding hydrogens is 274 g/mol. The van der Waals surface area contributed by atoms with Gasteiger partial charge in [0.2, 0.25) is 5.88 Å². The van der Waals surface area contributed by atoms with Crippen LogP contribution in [0, 0.1) is 0 Å². The van der Waals surface area contributed by atoms with Crippen molar-refractivity contribution in [1.29, 1.82) is 0 Å². The first-order valence-electron chi connectivity index (χ1n) is 6.04. The van der Waals surface area contributed by atoms with E-state index in [2.05, 4.69) is 15.4 Å². The number of benzene rings is 1. The van der Waals surface area contributed by atoms with E-state index < -0.39 is 5.91 Å². The van der Waals surface area contributed by atoms with Crippen molar-refractivity contribution < 1.29 is 14.3 Å². The molecule has 2 aromatic rings. The van der Waals surface area contributed by atoms with Crippen molar-refractivity contribution in [3.05, 3.63) is 41.7 Å². The average molecular weight is 289 g/mol. The first-order valence-corrected chi connectivity index (χ1v) is 6.04. The van der Waals surface area contributed by atoms with E-state index >= 15 is 0 Å². The Labute approximate surface area is 121 Å². The normalized spacial score (nSPS) is 10.2. The van der Waals surface area contributed by atoms with E-state index in [0.717, 1.165) is 0 Å². The monoisotopic (exact) mass is 289 g/mol. The van der Waals surface area contributed by atoms with E-state index in [1.54, 1.807) is 24.3 Å². The number of primary amides is 1. The number of hydrogen-bond acceptors (Lipinski definition) is 7. The van der Waals surface area contributed by atoms with E-state index in [4.69, 9.17) is 21.1 Å². The molecule has 21 heavy (non-hydrogen) atoms. The molecule has 5 N–H and O–H groups in total. The van der Waals surface area contributed by atoms with Gasteiger partial charge in [0.1, 0.15) is 18.2 Å². The van der Waals surface area contributed by atoms with Crippen molar-refractivity contribution in [2.45, 2.75) is 6.61 Å². The summed E-state index contributed by atoms with van der Waals surface area (Å²) in [4.78, 5) is 19.6. The Morgan fingerprint density at radius 2 is 2.10 bits per heavy atom. The third kappa shape index (κ3) is 3.65. The molecule has 1 aromatic heterocycles. The summed E-state index contributed by atoms with van der Waals surface area (Å²) in [7, 11) is 1.52. The second-order valence-electron chi connectivity index (χ2n) is 4.05. The third-order valence-corrected chi connectivity index (χ3v) is 2.54. The van der Waals surface area contributed by atoms with Crippen LogP contribution in [0.5, 0.6) is 11.6 Å². The summed E-state index contributed by atoms with van der Waals surface area (Å²) in [5.41, 5.74) is 7.97. The molecule has 0 aliphatic rings. The molecule has 1 amide bonds. The fourth-order valence-corrected chi connectivity index (χ4v) is 1.66. The number of nitrogen functional groups attached to an aromatic ring is 1. The van der Waals surface area contributed by atoms with Gasteiger partial charge in [0.25, 0.3) is 5.91 Å². The maximum Gasteiger partial charge on any atom is 0.252 e. The number of carbonyl (C=O) groups is 1. The number of hydrazine groups is 1. The number of ether oxygens (including phenoxy) is 2. The van der Waals surface area contributed by atoms with Crippen LogP contribution >= 0.6 is 0 Å². The van der Waals surface area contributed by atoms with Gasteiger partial charge < -0.3 is 20.6 Å². The summed E-state index contributed by atoms with van der Waals surface area (Å²) in [5, 5.41) is 0. The largest absolute Gasteiger partial charge is 0.438 e. The smallest absolute Gasteiger partial charge is 0.252 e. The maximum atomic E-state index is 11.4. The molecule has 8 heteroatoms. The average Bonchev–Trinajstić information content (AvgIpc) is 2.47. The van der Waals surface area contributed by atoms with Crippen LogP contribution in [0.3, 0.4) is 0 Å². The molecule has 0 fully saturated rings. The number of amides is 1. The highest BCUT2D eigenvalue weighted by Crippen LogP contribution is 2.25. The predicted octanol–water partition coefficient (Wildman–Crippen LogP) is 0.800. The lowest BCUT2D eigenvalue weighted by Crippen LogP contribution is -2.13. The molecule has 0 aliphatic heterocycles. The molecule has 1 aromatic carbocycles. The Balaban J connectivity index is 2.35. The zero-order valence-corrected chi connectivity index (χ0v) is 11.4. The lowest BCUT2D eigenvalue weighted by molar-refractivity contribution is 0.0998. The van der Waals surface area contributed by atoms with Gasteiger partial charge in [-0.15, -0.1) is 0 Å². The van der Waals surface area contributed by atoms with Crippen molar-refractivity contribution in [2.75, 3.05) is 12.5 Å². The van der Waals surface area contributed by atoms with Crippen molar-refractivity contribution in [3.63, 3.8) is 0 Å². The Hall–Kier alpha value is -2.71. The fourth-order valence-electron chi connectivity index (χ4n) is 1.66. The summed E-state index contributed by atoms with van der Waals surface area (Å²) in [6.07, 6.45) is 0. The number of hydrogen-bond donors (Lipinski definition) is 3. The van der Waals surface area contributed by atoms with Gasteiger partial charge in [-0.3, -0.25) is 4.79 Å². The number of nitrogens with two attached hydrogens (primary N) is 2. The molecule has 2 rings (SSSR count). The molecule has 0 unspecified atom stereocenters. The zero-order valence-electron chi connectivity index (χ0n) is 11.4. The Bertz CT molecular complexity index is 647. The molecule has 0 bridgehead atoms. The summed E-state index contributed by atoms with van der Waals surface area (Å²) in [6.45, 7) is 0.198. The lowest BCUT2D eigenvalue weighted by Gasteiger charge is -2.10. The van der Waals surface area contributed by atoms with Gasteiger partial charge in [-0.2, -0.15) is 4.98 Å². The van der Waals surface area contributed by atoms with Crippen LogP contribution in [-0.2, 0) is 11.3 Å². The quantitative estimate of drug-likeness (QED) is 0.530. The van der Waals surface area contributed by atoms with E-state index in [0.29, 0.717) is 17.4 Å².